The van der Waals surface area contributed by atoms with Crippen molar-refractivity contribution in [3.05, 3.63) is 47.5 Å². The molecule has 2 nitrogen and oxygen atoms in total. The Kier molecular flexibility index (Phi) is 8.58. The van der Waals surface area contributed by atoms with Crippen molar-refractivity contribution in [1.29, 1.82) is 0 Å². The van der Waals surface area contributed by atoms with Crippen LogP contribution < -0.4 is 0 Å². The fraction of sp³-hybridized carbons (Fsp3) is 0.545. The van der Waals surface area contributed by atoms with Crippen molar-refractivity contribution >= 4 is 0 Å². The molecular formula is C22H31FN2. The molecule has 0 aliphatic rings. The van der Waals surface area contributed by atoms with Gasteiger partial charge in [0.15, 0.2) is 5.82 Å². The second-order valence-electron chi connectivity index (χ2n) is 6.83. The summed E-state index contributed by atoms with van der Waals surface area (Å²) in [5.41, 5.74) is 2.84. The van der Waals surface area contributed by atoms with Gasteiger partial charge in [0.1, 0.15) is 0 Å². The average Bonchev–Trinajstić information content (AvgIpc) is 2.63. The quantitative estimate of drug-likeness (QED) is 0.343. The summed E-state index contributed by atoms with van der Waals surface area (Å²) in [5.74, 6) is 0.104. The molecule has 0 fully saturated rings. The molecule has 3 heteroatoms. The van der Waals surface area contributed by atoms with Crippen LogP contribution >= 0.6 is 0 Å². The molecule has 0 aliphatic heterocycles. The highest BCUT2D eigenvalue weighted by molar-refractivity contribution is 5.55. The van der Waals surface area contributed by atoms with Gasteiger partial charge in [-0.25, -0.2) is 4.98 Å². The Labute approximate surface area is 151 Å². The molecule has 1 aromatic heterocycles. The van der Waals surface area contributed by atoms with E-state index in [9.17, 15) is 4.39 Å². The van der Waals surface area contributed by atoms with Crippen molar-refractivity contribution in [3.8, 4) is 11.4 Å². The normalized spacial score (nSPS) is 11.0. The lowest BCUT2D eigenvalue weighted by Crippen LogP contribution is -1.99. The minimum Gasteiger partial charge on any atom is -0.236 e. The zero-order valence-electron chi connectivity index (χ0n) is 15.7. The third kappa shape index (κ3) is 6.56. The maximum atomic E-state index is 14.2. The van der Waals surface area contributed by atoms with Gasteiger partial charge in [0.25, 0.3) is 0 Å². The molecule has 1 aromatic carbocycles. The minimum absolute atomic E-state index is 0.374. The first-order chi connectivity index (χ1) is 12.2. The summed E-state index contributed by atoms with van der Waals surface area (Å²) in [6.07, 6.45) is 13.2. The highest BCUT2D eigenvalue weighted by atomic mass is 19.1. The number of benzene rings is 1. The van der Waals surface area contributed by atoms with E-state index in [0.29, 0.717) is 11.4 Å². The van der Waals surface area contributed by atoms with Gasteiger partial charge in [0, 0.05) is 17.3 Å². The summed E-state index contributed by atoms with van der Waals surface area (Å²) in [5, 5.41) is 0. The van der Waals surface area contributed by atoms with E-state index in [4.69, 9.17) is 0 Å². The van der Waals surface area contributed by atoms with Crippen molar-refractivity contribution in [2.75, 3.05) is 0 Å². The first kappa shape index (κ1) is 19.6. The molecular weight excluding hydrogens is 311 g/mol. The second kappa shape index (κ2) is 11.0. The predicted molar refractivity (Wildman–Crippen MR) is 103 cm³/mol. The lowest BCUT2D eigenvalue weighted by Gasteiger charge is -2.06. The Balaban J connectivity index is 1.91. The van der Waals surface area contributed by atoms with E-state index in [0.717, 1.165) is 37.7 Å². The van der Waals surface area contributed by atoms with Crippen LogP contribution in [0.15, 0.2) is 30.5 Å². The molecule has 0 radical (unpaired) electrons. The van der Waals surface area contributed by atoms with Crippen LogP contribution in [-0.4, -0.2) is 9.97 Å². The summed E-state index contributed by atoms with van der Waals surface area (Å²) >= 11 is 0. The molecule has 25 heavy (non-hydrogen) atoms. The maximum absolute atomic E-state index is 14.2. The Morgan fingerprint density at radius 1 is 0.800 bits per heavy atom. The van der Waals surface area contributed by atoms with E-state index < -0.39 is 0 Å². The average molecular weight is 343 g/mol. The predicted octanol–water partition coefficient (Wildman–Crippen LogP) is 6.53. The molecule has 0 bridgehead atoms. The number of hydrogen-bond donors (Lipinski definition) is 0. The van der Waals surface area contributed by atoms with E-state index in [-0.39, 0.29) is 5.95 Å². The third-order valence-corrected chi connectivity index (χ3v) is 4.64. The number of aryl methyl sites for hydroxylation is 2. The van der Waals surface area contributed by atoms with Crippen LogP contribution in [-0.2, 0) is 12.8 Å². The molecule has 0 N–H and O–H groups in total. The number of nitrogens with zero attached hydrogens (tertiary/aromatic N) is 2. The third-order valence-electron chi connectivity index (χ3n) is 4.64. The van der Waals surface area contributed by atoms with Crippen LogP contribution in [0.4, 0.5) is 4.39 Å². The topological polar surface area (TPSA) is 25.8 Å². The molecule has 1 heterocycles. The number of halogens is 1. The summed E-state index contributed by atoms with van der Waals surface area (Å²) < 4.78 is 14.2. The first-order valence-corrected chi connectivity index (χ1v) is 9.85. The van der Waals surface area contributed by atoms with E-state index in [1.165, 1.54) is 37.7 Å². The van der Waals surface area contributed by atoms with Gasteiger partial charge in [0.2, 0.25) is 5.95 Å². The molecule has 0 atom stereocenters. The number of unbranched alkanes of at least 4 members (excludes halogenated alkanes) is 6. The Bertz CT molecular complexity index is 622. The summed E-state index contributed by atoms with van der Waals surface area (Å²) in [7, 11) is 0. The molecule has 2 rings (SSSR count). The van der Waals surface area contributed by atoms with Gasteiger partial charge < -0.3 is 0 Å². The minimum atomic E-state index is -0.374. The van der Waals surface area contributed by atoms with E-state index in [2.05, 4.69) is 35.9 Å². The second-order valence-corrected chi connectivity index (χ2v) is 6.83. The van der Waals surface area contributed by atoms with Crippen LogP contribution in [0, 0.1) is 5.95 Å². The monoisotopic (exact) mass is 342 g/mol. The Hall–Kier alpha value is -1.77. The van der Waals surface area contributed by atoms with Gasteiger partial charge >= 0.3 is 0 Å². The first-order valence-electron chi connectivity index (χ1n) is 9.85. The highest BCUT2D eigenvalue weighted by Crippen LogP contribution is 2.19. The van der Waals surface area contributed by atoms with Gasteiger partial charge in [-0.1, -0.05) is 76.6 Å². The number of aromatic nitrogens is 2. The van der Waals surface area contributed by atoms with Crippen molar-refractivity contribution in [2.24, 2.45) is 0 Å². The van der Waals surface area contributed by atoms with Crippen LogP contribution in [0.2, 0.25) is 0 Å². The molecule has 0 unspecified atom stereocenters. The van der Waals surface area contributed by atoms with Gasteiger partial charge in [-0.15, -0.1) is 0 Å². The molecule has 2 aromatic rings. The smallest absolute Gasteiger partial charge is 0.219 e. The molecule has 0 amide bonds. The van der Waals surface area contributed by atoms with Crippen LogP contribution in [0.1, 0.15) is 76.3 Å². The van der Waals surface area contributed by atoms with Gasteiger partial charge in [-0.2, -0.15) is 9.37 Å². The van der Waals surface area contributed by atoms with Crippen molar-refractivity contribution in [2.45, 2.75) is 78.1 Å². The van der Waals surface area contributed by atoms with Gasteiger partial charge in [-0.3, -0.25) is 0 Å². The van der Waals surface area contributed by atoms with E-state index >= 15 is 0 Å². The zero-order chi connectivity index (χ0) is 17.9. The van der Waals surface area contributed by atoms with Crippen molar-refractivity contribution < 1.29 is 4.39 Å². The van der Waals surface area contributed by atoms with Crippen LogP contribution in [0.25, 0.3) is 11.4 Å². The van der Waals surface area contributed by atoms with Crippen LogP contribution in [0.5, 0.6) is 0 Å². The summed E-state index contributed by atoms with van der Waals surface area (Å²) in [6.45, 7) is 4.38. The standard InChI is InChI=1S/C22H31FN2/c1-3-5-7-8-10-11-18-13-15-19(16-14-18)22-24-17-20(21(23)25-22)12-9-6-4-2/h13-17H,3-12H2,1-2H3. The Morgan fingerprint density at radius 3 is 2.12 bits per heavy atom. The van der Waals surface area contributed by atoms with Crippen molar-refractivity contribution in [1.82, 2.24) is 9.97 Å². The van der Waals surface area contributed by atoms with Crippen molar-refractivity contribution in [3.63, 3.8) is 0 Å². The number of rotatable bonds is 11. The van der Waals surface area contributed by atoms with Crippen LogP contribution in [0.3, 0.4) is 0 Å². The maximum Gasteiger partial charge on any atom is 0.219 e. The fourth-order valence-electron chi connectivity index (χ4n) is 3.01. The lowest BCUT2D eigenvalue weighted by molar-refractivity contribution is 0.556. The Morgan fingerprint density at radius 2 is 1.44 bits per heavy atom. The summed E-state index contributed by atoms with van der Waals surface area (Å²) in [6, 6.07) is 8.25. The highest BCUT2D eigenvalue weighted by Gasteiger charge is 2.08. The zero-order valence-corrected chi connectivity index (χ0v) is 15.7. The largest absolute Gasteiger partial charge is 0.236 e. The lowest BCUT2D eigenvalue weighted by atomic mass is 10.0. The van der Waals surface area contributed by atoms with E-state index in [1.807, 2.05) is 12.1 Å². The molecule has 0 saturated carbocycles. The molecule has 0 spiro atoms. The van der Waals surface area contributed by atoms with E-state index in [1.54, 1.807) is 6.20 Å². The number of hydrogen-bond acceptors (Lipinski definition) is 2. The molecule has 136 valence electrons. The molecule has 0 aliphatic carbocycles. The van der Waals surface area contributed by atoms with Gasteiger partial charge in [-0.05, 0) is 31.2 Å². The molecule has 0 saturated heterocycles. The van der Waals surface area contributed by atoms with Gasteiger partial charge in [0.05, 0.1) is 0 Å². The SMILES string of the molecule is CCCCCCCc1ccc(-c2ncc(CCCCC)c(F)n2)cc1. The fourth-order valence-corrected chi connectivity index (χ4v) is 3.01. The summed E-state index contributed by atoms with van der Waals surface area (Å²) in [4.78, 5) is 8.43.